The highest BCUT2D eigenvalue weighted by Crippen LogP contribution is 2.22. The van der Waals surface area contributed by atoms with E-state index in [9.17, 15) is 0 Å². The van der Waals surface area contributed by atoms with E-state index in [4.69, 9.17) is 9.73 Å². The number of aliphatic imine (C=N–C) groups is 1. The third kappa shape index (κ3) is 5.07. The van der Waals surface area contributed by atoms with Crippen molar-refractivity contribution in [3.8, 4) is 0 Å². The molecule has 0 aromatic carbocycles. The minimum atomic E-state index is -0.00913. The van der Waals surface area contributed by atoms with Crippen molar-refractivity contribution >= 4 is 5.96 Å². The van der Waals surface area contributed by atoms with Crippen LogP contribution in [-0.4, -0.2) is 85.7 Å². The van der Waals surface area contributed by atoms with Gasteiger partial charge in [0, 0.05) is 45.0 Å². The second kappa shape index (κ2) is 9.78. The minimum Gasteiger partial charge on any atom is -0.370 e. The van der Waals surface area contributed by atoms with Crippen molar-refractivity contribution in [1.82, 2.24) is 39.7 Å². The van der Waals surface area contributed by atoms with Crippen LogP contribution < -0.4 is 5.32 Å². The Hall–Kier alpha value is -2.46. The molecule has 0 radical (unpaired) electrons. The topological polar surface area (TPSA) is 88.6 Å². The van der Waals surface area contributed by atoms with Gasteiger partial charge in [-0.05, 0) is 32.9 Å². The van der Waals surface area contributed by atoms with Crippen molar-refractivity contribution in [2.75, 3.05) is 39.3 Å². The molecule has 2 unspecified atom stereocenters. The lowest BCUT2D eigenvalue weighted by Gasteiger charge is -2.35. The Bertz CT molecular complexity index is 889. The molecule has 4 rings (SSSR count). The van der Waals surface area contributed by atoms with Gasteiger partial charge in [-0.2, -0.15) is 5.10 Å². The molecule has 170 valence electrons. The summed E-state index contributed by atoms with van der Waals surface area (Å²) in [5.41, 5.74) is 1.10. The van der Waals surface area contributed by atoms with Crippen LogP contribution in [-0.2, 0) is 25.4 Å². The standard InChI is InChI=1S/C21H35N9O/c1-5-29-8-6-7-18(29)12-22-21(23-13-20-26-25-16(2)28(20)4)30-9-10-31-19(15-30)17-11-24-27(3)14-17/h11,14,18-19H,5-10,12-13,15H2,1-4H3,(H,22,23). The maximum atomic E-state index is 6.04. The fourth-order valence-corrected chi connectivity index (χ4v) is 4.40. The summed E-state index contributed by atoms with van der Waals surface area (Å²) < 4.78 is 9.86. The molecular weight excluding hydrogens is 394 g/mol. The monoisotopic (exact) mass is 429 g/mol. The van der Waals surface area contributed by atoms with E-state index in [1.807, 2.05) is 42.7 Å². The Balaban J connectivity index is 1.49. The number of nitrogens with one attached hydrogen (secondary N) is 1. The molecule has 0 aliphatic carbocycles. The van der Waals surface area contributed by atoms with E-state index < -0.39 is 0 Å². The van der Waals surface area contributed by atoms with Crippen molar-refractivity contribution in [3.05, 3.63) is 29.6 Å². The van der Waals surface area contributed by atoms with Crippen molar-refractivity contribution in [1.29, 1.82) is 0 Å². The van der Waals surface area contributed by atoms with Crippen LogP contribution >= 0.6 is 0 Å². The first-order valence-corrected chi connectivity index (χ1v) is 11.3. The van der Waals surface area contributed by atoms with Crippen LogP contribution in [0.4, 0.5) is 0 Å². The minimum absolute atomic E-state index is 0.00913. The molecule has 2 saturated heterocycles. The Kier molecular flexibility index (Phi) is 6.86. The average molecular weight is 430 g/mol. The summed E-state index contributed by atoms with van der Waals surface area (Å²) >= 11 is 0. The smallest absolute Gasteiger partial charge is 0.194 e. The molecule has 2 aromatic rings. The van der Waals surface area contributed by atoms with Crippen molar-refractivity contribution in [2.45, 2.75) is 45.4 Å². The van der Waals surface area contributed by atoms with E-state index in [1.165, 1.54) is 19.4 Å². The Morgan fingerprint density at radius 3 is 2.87 bits per heavy atom. The van der Waals surface area contributed by atoms with Crippen LogP contribution in [0.2, 0.25) is 0 Å². The molecule has 0 spiro atoms. The summed E-state index contributed by atoms with van der Waals surface area (Å²) in [6.07, 6.45) is 6.41. The molecule has 31 heavy (non-hydrogen) atoms. The Morgan fingerprint density at radius 2 is 2.16 bits per heavy atom. The molecule has 2 aliphatic rings. The third-order valence-electron chi connectivity index (χ3n) is 6.42. The van der Waals surface area contributed by atoms with Crippen LogP contribution in [0.1, 0.15) is 43.1 Å². The zero-order valence-electron chi connectivity index (χ0n) is 19.2. The lowest BCUT2D eigenvalue weighted by atomic mass is 10.1. The van der Waals surface area contributed by atoms with Gasteiger partial charge in [-0.15, -0.1) is 10.2 Å². The highest BCUT2D eigenvalue weighted by molar-refractivity contribution is 5.80. The number of guanidine groups is 1. The van der Waals surface area contributed by atoms with E-state index in [0.29, 0.717) is 19.2 Å². The number of nitrogens with zero attached hydrogens (tertiary/aromatic N) is 8. The third-order valence-corrected chi connectivity index (χ3v) is 6.42. The average Bonchev–Trinajstić information content (AvgIpc) is 3.50. The van der Waals surface area contributed by atoms with Crippen LogP contribution in [0.3, 0.4) is 0 Å². The number of rotatable bonds is 6. The van der Waals surface area contributed by atoms with Crippen molar-refractivity contribution < 1.29 is 4.74 Å². The number of morpholine rings is 1. The van der Waals surface area contributed by atoms with Gasteiger partial charge >= 0.3 is 0 Å². The van der Waals surface area contributed by atoms with Gasteiger partial charge in [0.2, 0.25) is 0 Å². The molecule has 2 aromatic heterocycles. The van der Waals surface area contributed by atoms with Gasteiger partial charge in [-0.1, -0.05) is 6.92 Å². The molecule has 10 heteroatoms. The molecule has 1 N–H and O–H groups in total. The quantitative estimate of drug-likeness (QED) is 0.538. The fraction of sp³-hybridized carbons (Fsp3) is 0.714. The zero-order valence-corrected chi connectivity index (χ0v) is 19.2. The molecule has 2 aliphatic heterocycles. The van der Waals surface area contributed by atoms with Crippen LogP contribution in [0, 0.1) is 6.92 Å². The van der Waals surface area contributed by atoms with Crippen molar-refractivity contribution in [2.24, 2.45) is 19.1 Å². The van der Waals surface area contributed by atoms with Gasteiger partial charge in [-0.3, -0.25) is 9.58 Å². The molecule has 4 heterocycles. The predicted octanol–water partition coefficient (Wildman–Crippen LogP) is 0.860. The van der Waals surface area contributed by atoms with Gasteiger partial charge in [0.15, 0.2) is 11.8 Å². The molecule has 0 amide bonds. The predicted molar refractivity (Wildman–Crippen MR) is 119 cm³/mol. The number of aryl methyl sites for hydroxylation is 2. The number of hydrogen-bond acceptors (Lipinski definition) is 6. The molecular formula is C21H35N9O. The number of hydrogen-bond donors (Lipinski definition) is 1. The molecule has 0 saturated carbocycles. The van der Waals surface area contributed by atoms with Gasteiger partial charge in [0.05, 0.1) is 19.3 Å². The number of ether oxygens (including phenoxy) is 1. The molecule has 2 fully saturated rings. The van der Waals surface area contributed by atoms with E-state index in [0.717, 1.165) is 49.4 Å². The van der Waals surface area contributed by atoms with E-state index >= 15 is 0 Å². The summed E-state index contributed by atoms with van der Waals surface area (Å²) in [5.74, 6) is 2.68. The first-order valence-electron chi connectivity index (χ1n) is 11.3. The highest BCUT2D eigenvalue weighted by Gasteiger charge is 2.27. The summed E-state index contributed by atoms with van der Waals surface area (Å²) in [6, 6.07) is 0.558. The van der Waals surface area contributed by atoms with Gasteiger partial charge in [-0.25, -0.2) is 4.99 Å². The summed E-state index contributed by atoms with van der Waals surface area (Å²) in [6.45, 7) is 10.1. The summed E-state index contributed by atoms with van der Waals surface area (Å²) in [7, 11) is 3.92. The fourth-order valence-electron chi connectivity index (χ4n) is 4.40. The van der Waals surface area contributed by atoms with Crippen LogP contribution in [0.15, 0.2) is 17.4 Å². The summed E-state index contributed by atoms with van der Waals surface area (Å²) in [4.78, 5) is 9.80. The van der Waals surface area contributed by atoms with E-state index in [1.54, 1.807) is 0 Å². The first kappa shape index (κ1) is 21.8. The first-order chi connectivity index (χ1) is 15.0. The SMILES string of the molecule is CCN1CCCC1CNC(=NCc1nnc(C)n1C)N1CCOC(c2cnn(C)c2)C1. The zero-order chi connectivity index (χ0) is 21.8. The normalized spacial score (nSPS) is 23.0. The summed E-state index contributed by atoms with van der Waals surface area (Å²) in [5, 5.41) is 16.4. The van der Waals surface area contributed by atoms with Crippen molar-refractivity contribution in [3.63, 3.8) is 0 Å². The van der Waals surface area contributed by atoms with Crippen LogP contribution in [0.25, 0.3) is 0 Å². The maximum Gasteiger partial charge on any atom is 0.194 e. The Labute approximate surface area is 184 Å². The lowest BCUT2D eigenvalue weighted by Crippen LogP contribution is -2.51. The second-order valence-electron chi connectivity index (χ2n) is 8.42. The second-order valence-corrected chi connectivity index (χ2v) is 8.42. The number of likely N-dealkylation sites (N-methyl/N-ethyl adjacent to an activating group) is 1. The lowest BCUT2D eigenvalue weighted by molar-refractivity contribution is -0.00817. The largest absolute Gasteiger partial charge is 0.370 e. The molecule has 2 atom stereocenters. The van der Waals surface area contributed by atoms with Gasteiger partial charge in [0.1, 0.15) is 18.5 Å². The van der Waals surface area contributed by atoms with Crippen LogP contribution in [0.5, 0.6) is 0 Å². The van der Waals surface area contributed by atoms with E-state index in [-0.39, 0.29) is 6.10 Å². The maximum absolute atomic E-state index is 6.04. The molecule has 10 nitrogen and oxygen atoms in total. The number of likely N-dealkylation sites (tertiary alicyclic amines) is 1. The Morgan fingerprint density at radius 1 is 1.29 bits per heavy atom. The molecule has 0 bridgehead atoms. The highest BCUT2D eigenvalue weighted by atomic mass is 16.5. The van der Waals surface area contributed by atoms with Gasteiger partial charge in [0.25, 0.3) is 0 Å². The van der Waals surface area contributed by atoms with Gasteiger partial charge < -0.3 is 19.5 Å². The van der Waals surface area contributed by atoms with E-state index in [2.05, 4.69) is 37.3 Å². The number of aromatic nitrogens is 5.